The van der Waals surface area contributed by atoms with E-state index in [0.29, 0.717) is 6.54 Å². The van der Waals surface area contributed by atoms with Gasteiger partial charge in [-0.25, -0.2) is 4.68 Å². The van der Waals surface area contributed by atoms with Crippen LogP contribution in [0, 0.1) is 0 Å². The third kappa shape index (κ3) is 4.67. The number of hydrogen-bond donors (Lipinski definition) is 3. The molecular formula is C17H20N6O2. The normalized spacial score (nSPS) is 10.6. The van der Waals surface area contributed by atoms with Crippen LogP contribution in [0.2, 0.25) is 0 Å². The van der Waals surface area contributed by atoms with E-state index in [2.05, 4.69) is 20.8 Å². The number of anilines is 1. The largest absolute Gasteiger partial charge is 0.395 e. The first kappa shape index (κ1) is 16.7. The van der Waals surface area contributed by atoms with Crippen LogP contribution in [0.25, 0.3) is 5.69 Å². The molecule has 0 aliphatic rings. The topological polar surface area (TPSA) is 97.0 Å². The molecule has 3 N–H and O–H groups in total. The molecule has 8 heteroatoms. The lowest BCUT2D eigenvalue weighted by Gasteiger charge is -2.06. The molecule has 0 aliphatic carbocycles. The van der Waals surface area contributed by atoms with Crippen molar-refractivity contribution in [3.05, 3.63) is 60.7 Å². The first-order chi connectivity index (χ1) is 12.2. The fourth-order valence-corrected chi connectivity index (χ4v) is 2.33. The number of hydrogen-bond acceptors (Lipinski definition) is 5. The van der Waals surface area contributed by atoms with Gasteiger partial charge in [0.2, 0.25) is 5.91 Å². The number of rotatable bonds is 8. The molecule has 0 saturated heterocycles. The number of amides is 1. The minimum atomic E-state index is -0.182. The Hall–Kier alpha value is -3.13. The van der Waals surface area contributed by atoms with Gasteiger partial charge in [0.05, 0.1) is 24.2 Å². The van der Waals surface area contributed by atoms with E-state index in [1.165, 1.54) is 0 Å². The van der Waals surface area contributed by atoms with Gasteiger partial charge in [0, 0.05) is 31.7 Å². The van der Waals surface area contributed by atoms with Gasteiger partial charge in [-0.3, -0.25) is 9.48 Å². The molecule has 0 aliphatic heterocycles. The second-order valence-corrected chi connectivity index (χ2v) is 5.47. The van der Waals surface area contributed by atoms with Crippen LogP contribution >= 0.6 is 0 Å². The number of aromatic nitrogens is 4. The molecule has 3 rings (SSSR count). The molecule has 0 bridgehead atoms. The van der Waals surface area contributed by atoms with Crippen LogP contribution in [0.4, 0.5) is 5.69 Å². The summed E-state index contributed by atoms with van der Waals surface area (Å²) in [5.41, 5.74) is 2.98. The Kier molecular flexibility index (Phi) is 5.43. The van der Waals surface area contributed by atoms with Crippen molar-refractivity contribution in [2.24, 2.45) is 0 Å². The molecule has 0 saturated carbocycles. The first-order valence-corrected chi connectivity index (χ1v) is 7.97. The SMILES string of the molecule is O=C(Cn1cc(NCc2ccc(-n3cccn3)cc2)cn1)NCCO. The standard InChI is InChI=1S/C17H20N6O2/c24-9-7-18-17(25)13-22-12-15(11-21-22)19-10-14-2-4-16(5-3-14)23-8-1-6-20-23/h1-6,8,11-12,19,24H,7,9-10,13H2,(H,18,25). The van der Waals surface area contributed by atoms with Crippen molar-refractivity contribution in [2.75, 3.05) is 18.5 Å². The molecule has 8 nitrogen and oxygen atoms in total. The van der Waals surface area contributed by atoms with E-state index in [-0.39, 0.29) is 25.6 Å². The summed E-state index contributed by atoms with van der Waals surface area (Å²) in [6, 6.07) is 9.99. The van der Waals surface area contributed by atoms with Gasteiger partial charge in [-0.05, 0) is 23.8 Å². The number of carbonyl (C=O) groups excluding carboxylic acids is 1. The number of aliphatic hydroxyl groups excluding tert-OH is 1. The lowest BCUT2D eigenvalue weighted by molar-refractivity contribution is -0.122. The average Bonchev–Trinajstić information content (AvgIpc) is 3.31. The van der Waals surface area contributed by atoms with Gasteiger partial charge in [0.25, 0.3) is 0 Å². The Morgan fingerprint density at radius 1 is 1.20 bits per heavy atom. The molecule has 2 aromatic heterocycles. The molecule has 1 amide bonds. The second kappa shape index (κ2) is 8.11. The van der Waals surface area contributed by atoms with Gasteiger partial charge in [0.1, 0.15) is 6.54 Å². The number of benzene rings is 1. The molecule has 2 heterocycles. The molecule has 3 aromatic rings. The van der Waals surface area contributed by atoms with Crippen LogP contribution in [-0.2, 0) is 17.9 Å². The lowest BCUT2D eigenvalue weighted by atomic mass is 10.2. The van der Waals surface area contributed by atoms with E-state index in [0.717, 1.165) is 16.9 Å². The summed E-state index contributed by atoms with van der Waals surface area (Å²) in [5.74, 6) is -0.182. The van der Waals surface area contributed by atoms with Crippen molar-refractivity contribution in [1.82, 2.24) is 24.9 Å². The molecule has 0 unspecified atom stereocenters. The van der Waals surface area contributed by atoms with Crippen LogP contribution in [0.5, 0.6) is 0 Å². The van der Waals surface area contributed by atoms with Gasteiger partial charge < -0.3 is 15.7 Å². The van der Waals surface area contributed by atoms with Crippen LogP contribution in [0.1, 0.15) is 5.56 Å². The number of nitrogens with zero attached hydrogens (tertiary/aromatic N) is 4. The molecule has 0 fully saturated rings. The van der Waals surface area contributed by atoms with E-state index >= 15 is 0 Å². The monoisotopic (exact) mass is 340 g/mol. The fourth-order valence-electron chi connectivity index (χ4n) is 2.33. The zero-order valence-electron chi connectivity index (χ0n) is 13.7. The van der Waals surface area contributed by atoms with Crippen molar-refractivity contribution < 1.29 is 9.90 Å². The Balaban J connectivity index is 1.51. The number of nitrogens with one attached hydrogen (secondary N) is 2. The summed E-state index contributed by atoms with van der Waals surface area (Å²) in [7, 11) is 0. The summed E-state index contributed by atoms with van der Waals surface area (Å²) in [5, 5.41) is 22.9. The van der Waals surface area contributed by atoms with E-state index < -0.39 is 0 Å². The maximum atomic E-state index is 11.6. The minimum Gasteiger partial charge on any atom is -0.395 e. The summed E-state index contributed by atoms with van der Waals surface area (Å²) in [6.45, 7) is 0.957. The zero-order valence-corrected chi connectivity index (χ0v) is 13.7. The van der Waals surface area contributed by atoms with Crippen molar-refractivity contribution in [3.63, 3.8) is 0 Å². The predicted octanol–water partition coefficient (Wildman–Crippen LogP) is 0.789. The molecule has 130 valence electrons. The van der Waals surface area contributed by atoms with E-state index in [4.69, 9.17) is 5.11 Å². The second-order valence-electron chi connectivity index (χ2n) is 5.47. The third-order valence-corrected chi connectivity index (χ3v) is 3.57. The van der Waals surface area contributed by atoms with Crippen molar-refractivity contribution in [3.8, 4) is 5.69 Å². The van der Waals surface area contributed by atoms with Crippen molar-refractivity contribution in [2.45, 2.75) is 13.1 Å². The number of aliphatic hydroxyl groups is 1. The Labute approximate surface area is 145 Å². The summed E-state index contributed by atoms with van der Waals surface area (Å²) in [4.78, 5) is 11.6. The van der Waals surface area contributed by atoms with E-state index in [9.17, 15) is 4.79 Å². The minimum absolute atomic E-state index is 0.0726. The smallest absolute Gasteiger partial charge is 0.241 e. The van der Waals surface area contributed by atoms with Crippen LogP contribution in [-0.4, -0.2) is 43.7 Å². The highest BCUT2D eigenvalue weighted by atomic mass is 16.3. The Bertz CT molecular complexity index is 795. The molecule has 0 atom stereocenters. The van der Waals surface area contributed by atoms with Gasteiger partial charge in [0.15, 0.2) is 0 Å². The van der Waals surface area contributed by atoms with Crippen LogP contribution < -0.4 is 10.6 Å². The lowest BCUT2D eigenvalue weighted by Crippen LogP contribution is -2.30. The highest BCUT2D eigenvalue weighted by Crippen LogP contribution is 2.11. The van der Waals surface area contributed by atoms with E-state index in [1.54, 1.807) is 23.3 Å². The van der Waals surface area contributed by atoms with Crippen molar-refractivity contribution in [1.29, 1.82) is 0 Å². The summed E-state index contributed by atoms with van der Waals surface area (Å²) in [6.07, 6.45) is 7.10. The summed E-state index contributed by atoms with van der Waals surface area (Å²) < 4.78 is 3.36. The predicted molar refractivity (Wildman–Crippen MR) is 93.2 cm³/mol. The molecule has 0 spiro atoms. The first-order valence-electron chi connectivity index (χ1n) is 7.97. The van der Waals surface area contributed by atoms with Gasteiger partial charge in [-0.15, -0.1) is 0 Å². The van der Waals surface area contributed by atoms with Gasteiger partial charge >= 0.3 is 0 Å². The van der Waals surface area contributed by atoms with Gasteiger partial charge in [-0.2, -0.15) is 10.2 Å². The fraction of sp³-hybridized carbons (Fsp3) is 0.235. The van der Waals surface area contributed by atoms with Gasteiger partial charge in [-0.1, -0.05) is 12.1 Å². The summed E-state index contributed by atoms with van der Waals surface area (Å²) >= 11 is 0. The number of carbonyl (C=O) groups is 1. The quantitative estimate of drug-likeness (QED) is 0.563. The van der Waals surface area contributed by atoms with E-state index in [1.807, 2.05) is 41.2 Å². The third-order valence-electron chi connectivity index (χ3n) is 3.57. The Morgan fingerprint density at radius 3 is 2.76 bits per heavy atom. The highest BCUT2D eigenvalue weighted by Gasteiger charge is 2.04. The average molecular weight is 340 g/mol. The van der Waals surface area contributed by atoms with Crippen LogP contribution in [0.15, 0.2) is 55.1 Å². The van der Waals surface area contributed by atoms with Crippen LogP contribution in [0.3, 0.4) is 0 Å². The molecule has 25 heavy (non-hydrogen) atoms. The molecular weight excluding hydrogens is 320 g/mol. The zero-order chi connectivity index (χ0) is 17.5. The maximum absolute atomic E-state index is 11.6. The highest BCUT2D eigenvalue weighted by molar-refractivity contribution is 5.75. The maximum Gasteiger partial charge on any atom is 0.241 e. The molecule has 0 radical (unpaired) electrons. The molecule has 1 aromatic carbocycles. The Morgan fingerprint density at radius 2 is 2.04 bits per heavy atom. The van der Waals surface area contributed by atoms with Crippen molar-refractivity contribution >= 4 is 11.6 Å².